The van der Waals surface area contributed by atoms with E-state index in [-0.39, 0.29) is 11.4 Å². The van der Waals surface area contributed by atoms with Crippen molar-refractivity contribution >= 4 is 9.84 Å². The van der Waals surface area contributed by atoms with Crippen LogP contribution < -0.4 is 5.73 Å². The van der Waals surface area contributed by atoms with Gasteiger partial charge in [-0.3, -0.25) is 0 Å². The molecule has 0 heterocycles. The monoisotopic (exact) mass is 231 g/mol. The van der Waals surface area contributed by atoms with Crippen LogP contribution in [0.1, 0.15) is 12.5 Å². The van der Waals surface area contributed by atoms with Gasteiger partial charge < -0.3 is 5.73 Å². The van der Waals surface area contributed by atoms with Gasteiger partial charge in [-0.1, -0.05) is 12.1 Å². The fraction of sp³-hybridized carbons (Fsp3) is 0.400. The molecule has 0 saturated carbocycles. The highest BCUT2D eigenvalue weighted by Crippen LogP contribution is 2.24. The van der Waals surface area contributed by atoms with E-state index in [0.29, 0.717) is 5.56 Å². The number of benzene rings is 1. The van der Waals surface area contributed by atoms with E-state index in [9.17, 15) is 12.8 Å². The zero-order chi connectivity index (χ0) is 11.7. The third-order valence-electron chi connectivity index (χ3n) is 2.27. The summed E-state index contributed by atoms with van der Waals surface area (Å²) < 4.78 is 36.0. The number of rotatable bonds is 3. The molecule has 1 aromatic carbocycles. The number of halogens is 1. The molecule has 3 nitrogen and oxygen atoms in total. The first-order valence-corrected chi connectivity index (χ1v) is 6.36. The number of nitrogens with two attached hydrogens (primary N) is 1. The number of hydrogen-bond donors (Lipinski definition) is 1. The van der Waals surface area contributed by atoms with E-state index < -0.39 is 15.5 Å². The molecule has 84 valence electrons. The molecule has 0 fully saturated rings. The minimum atomic E-state index is -3.23. The first kappa shape index (κ1) is 12.1. The van der Waals surface area contributed by atoms with Crippen LogP contribution in [0.3, 0.4) is 0 Å². The summed E-state index contributed by atoms with van der Waals surface area (Å²) >= 11 is 0. The maximum absolute atomic E-state index is 13.7. The van der Waals surface area contributed by atoms with Crippen LogP contribution in [0.15, 0.2) is 29.2 Å². The molecule has 1 aromatic rings. The highest BCUT2D eigenvalue weighted by molar-refractivity contribution is 7.90. The van der Waals surface area contributed by atoms with Gasteiger partial charge >= 0.3 is 0 Å². The van der Waals surface area contributed by atoms with Crippen LogP contribution in [-0.2, 0) is 15.5 Å². The minimum absolute atomic E-state index is 0.134. The Kier molecular flexibility index (Phi) is 3.16. The third-order valence-corrected chi connectivity index (χ3v) is 3.40. The molecule has 0 saturated heterocycles. The van der Waals surface area contributed by atoms with Crippen molar-refractivity contribution in [2.45, 2.75) is 17.5 Å². The lowest BCUT2D eigenvalue weighted by molar-refractivity contribution is 0.203. The van der Waals surface area contributed by atoms with Crippen LogP contribution in [0.2, 0.25) is 0 Å². The number of alkyl halides is 1. The van der Waals surface area contributed by atoms with Crippen molar-refractivity contribution in [3.05, 3.63) is 29.8 Å². The fourth-order valence-corrected chi connectivity index (χ4v) is 1.80. The van der Waals surface area contributed by atoms with Gasteiger partial charge in [-0.25, -0.2) is 12.8 Å². The predicted molar refractivity (Wildman–Crippen MR) is 57.1 cm³/mol. The summed E-state index contributed by atoms with van der Waals surface area (Å²) in [5.41, 5.74) is 4.04. The lowest BCUT2D eigenvalue weighted by Gasteiger charge is -2.18. The van der Waals surface area contributed by atoms with Gasteiger partial charge in [0.05, 0.1) is 4.90 Å². The average molecular weight is 231 g/mol. The normalized spacial score (nSPS) is 16.0. The van der Waals surface area contributed by atoms with E-state index in [1.54, 1.807) is 0 Å². The molecule has 0 aliphatic rings. The second kappa shape index (κ2) is 3.90. The molecular formula is C10H14FNO2S. The lowest BCUT2D eigenvalue weighted by atomic mass is 9.98. The molecule has 0 radical (unpaired) electrons. The molecule has 0 amide bonds. The van der Waals surface area contributed by atoms with Gasteiger partial charge in [0, 0.05) is 12.8 Å². The fourth-order valence-electron chi connectivity index (χ4n) is 1.17. The van der Waals surface area contributed by atoms with Crippen molar-refractivity contribution in [1.82, 2.24) is 0 Å². The van der Waals surface area contributed by atoms with Gasteiger partial charge in [-0.2, -0.15) is 0 Å². The molecule has 1 atom stereocenters. The molecule has 0 aliphatic heterocycles. The van der Waals surface area contributed by atoms with Crippen LogP contribution >= 0.6 is 0 Å². The van der Waals surface area contributed by atoms with Crippen molar-refractivity contribution in [3.63, 3.8) is 0 Å². The van der Waals surface area contributed by atoms with Crippen LogP contribution in [0, 0.1) is 0 Å². The van der Waals surface area contributed by atoms with Gasteiger partial charge in [0.15, 0.2) is 9.84 Å². The SMILES string of the molecule is CC(F)(CN)c1ccc(S(C)(=O)=O)cc1. The Morgan fingerprint density at radius 1 is 1.33 bits per heavy atom. The van der Waals surface area contributed by atoms with Crippen molar-refractivity contribution in [1.29, 1.82) is 0 Å². The van der Waals surface area contributed by atoms with Crippen molar-refractivity contribution in [2.24, 2.45) is 5.73 Å². The van der Waals surface area contributed by atoms with E-state index in [0.717, 1.165) is 6.26 Å². The Morgan fingerprint density at radius 2 is 1.80 bits per heavy atom. The molecule has 0 aliphatic carbocycles. The first-order valence-electron chi connectivity index (χ1n) is 4.47. The van der Waals surface area contributed by atoms with Crippen molar-refractivity contribution in [3.8, 4) is 0 Å². The van der Waals surface area contributed by atoms with E-state index in [2.05, 4.69) is 0 Å². The summed E-state index contributed by atoms with van der Waals surface area (Å²) in [5.74, 6) is 0. The largest absolute Gasteiger partial charge is 0.327 e. The topological polar surface area (TPSA) is 60.2 Å². The van der Waals surface area contributed by atoms with Gasteiger partial charge in [0.1, 0.15) is 5.67 Å². The maximum Gasteiger partial charge on any atom is 0.175 e. The zero-order valence-electron chi connectivity index (χ0n) is 8.70. The molecule has 0 aromatic heterocycles. The number of hydrogen-bond acceptors (Lipinski definition) is 3. The second-order valence-electron chi connectivity index (χ2n) is 3.70. The quantitative estimate of drug-likeness (QED) is 0.851. The summed E-state index contributed by atoms with van der Waals surface area (Å²) in [7, 11) is -3.23. The molecule has 2 N–H and O–H groups in total. The average Bonchev–Trinajstić information content (AvgIpc) is 2.17. The van der Waals surface area contributed by atoms with Crippen molar-refractivity contribution in [2.75, 3.05) is 12.8 Å². The van der Waals surface area contributed by atoms with Crippen LogP contribution in [0.25, 0.3) is 0 Å². The van der Waals surface area contributed by atoms with Crippen LogP contribution in [0.4, 0.5) is 4.39 Å². The number of sulfone groups is 1. The highest BCUT2D eigenvalue weighted by Gasteiger charge is 2.23. The molecular weight excluding hydrogens is 217 g/mol. The third kappa shape index (κ3) is 2.76. The first-order chi connectivity index (χ1) is 6.77. The Morgan fingerprint density at radius 3 is 2.13 bits per heavy atom. The molecule has 5 heteroatoms. The summed E-state index contributed by atoms with van der Waals surface area (Å²) in [5, 5.41) is 0. The molecule has 0 bridgehead atoms. The zero-order valence-corrected chi connectivity index (χ0v) is 9.51. The van der Waals surface area contributed by atoms with Gasteiger partial charge in [-0.05, 0) is 24.6 Å². The Hall–Kier alpha value is -0.940. The van der Waals surface area contributed by atoms with Crippen LogP contribution in [-0.4, -0.2) is 21.2 Å². The van der Waals surface area contributed by atoms with Crippen molar-refractivity contribution < 1.29 is 12.8 Å². The summed E-state index contributed by atoms with van der Waals surface area (Å²) in [6.45, 7) is 1.23. The van der Waals surface area contributed by atoms with E-state index >= 15 is 0 Å². The molecule has 0 spiro atoms. The second-order valence-corrected chi connectivity index (χ2v) is 5.71. The Labute approximate surface area is 89.0 Å². The summed E-state index contributed by atoms with van der Waals surface area (Å²) in [4.78, 5) is 0.180. The van der Waals surface area contributed by atoms with E-state index in [1.807, 2.05) is 0 Å². The van der Waals surface area contributed by atoms with Gasteiger partial charge in [-0.15, -0.1) is 0 Å². The Balaban J connectivity index is 3.12. The van der Waals surface area contributed by atoms with Gasteiger partial charge in [0.2, 0.25) is 0 Å². The van der Waals surface area contributed by atoms with Crippen LogP contribution in [0.5, 0.6) is 0 Å². The van der Waals surface area contributed by atoms with E-state index in [4.69, 9.17) is 5.73 Å². The lowest BCUT2D eigenvalue weighted by Crippen LogP contribution is -2.26. The minimum Gasteiger partial charge on any atom is -0.327 e. The maximum atomic E-state index is 13.7. The highest BCUT2D eigenvalue weighted by atomic mass is 32.2. The molecule has 15 heavy (non-hydrogen) atoms. The summed E-state index contributed by atoms with van der Waals surface area (Å²) in [6.07, 6.45) is 1.11. The summed E-state index contributed by atoms with van der Waals surface area (Å²) in [6, 6.07) is 5.67. The predicted octanol–water partition coefficient (Wildman–Crippen LogP) is 1.23. The smallest absolute Gasteiger partial charge is 0.175 e. The Bertz CT molecular complexity index is 437. The van der Waals surface area contributed by atoms with Gasteiger partial charge in [0.25, 0.3) is 0 Å². The molecule has 1 rings (SSSR count). The standard InChI is InChI=1S/C10H14FNO2S/c1-10(11,7-12)8-3-5-9(6-4-8)15(2,13)14/h3-6H,7,12H2,1-2H3. The van der Waals surface area contributed by atoms with E-state index in [1.165, 1.54) is 31.2 Å². The molecule has 1 unspecified atom stereocenters.